The number of pyridine rings is 2. The minimum Gasteiger partial charge on any atom is -0.481 e. The highest BCUT2D eigenvalue weighted by Gasteiger charge is 2.24. The van der Waals surface area contributed by atoms with Crippen molar-refractivity contribution in [3.8, 4) is 23.3 Å². The number of rotatable bonds is 9. The van der Waals surface area contributed by atoms with Gasteiger partial charge in [0, 0.05) is 37.0 Å². The summed E-state index contributed by atoms with van der Waals surface area (Å²) in [5.74, 6) is 0.0965. The standard InChI is InChI=1S/C24H25N9O5/c1-12(34)38-17-11-14(6-7-15(17)21(26)27)29-20(13-9-18(36-2)30-19(10-13)37-3)22-31-24(35)33(32-22)23-16(25)5-4-8-28-23/h4-11,20,29H,25H2,1-3H3,(H3,26,27)(H,31,32,35). The number of methoxy groups -OCH3 is 2. The number of carbonyl (C=O) groups excluding carboxylic acids is 1. The molecular formula is C24H25N9O5. The monoisotopic (exact) mass is 519 g/mol. The Morgan fingerprint density at radius 1 is 1.16 bits per heavy atom. The fraction of sp³-hybridized carbons (Fsp3) is 0.167. The number of benzene rings is 1. The highest BCUT2D eigenvalue weighted by Crippen LogP contribution is 2.31. The van der Waals surface area contributed by atoms with Gasteiger partial charge in [0.15, 0.2) is 11.6 Å². The molecule has 0 saturated heterocycles. The molecule has 4 rings (SSSR count). The van der Waals surface area contributed by atoms with Gasteiger partial charge in [-0.3, -0.25) is 15.2 Å². The maximum absolute atomic E-state index is 12.9. The first-order chi connectivity index (χ1) is 18.2. The van der Waals surface area contributed by atoms with Crippen LogP contribution in [-0.4, -0.2) is 50.8 Å². The first-order valence-electron chi connectivity index (χ1n) is 11.1. The predicted molar refractivity (Wildman–Crippen MR) is 138 cm³/mol. The molecule has 196 valence electrons. The molecule has 0 radical (unpaired) electrons. The van der Waals surface area contributed by atoms with E-state index in [1.54, 1.807) is 30.3 Å². The lowest BCUT2D eigenvalue weighted by Crippen LogP contribution is -2.18. The fourth-order valence-corrected chi connectivity index (χ4v) is 3.63. The molecule has 14 nitrogen and oxygen atoms in total. The van der Waals surface area contributed by atoms with E-state index in [0.717, 1.165) is 4.68 Å². The lowest BCUT2D eigenvalue weighted by Gasteiger charge is -2.20. The first kappa shape index (κ1) is 25.7. The van der Waals surface area contributed by atoms with Crippen LogP contribution in [-0.2, 0) is 4.79 Å². The molecule has 3 heterocycles. The van der Waals surface area contributed by atoms with E-state index in [0.29, 0.717) is 11.3 Å². The van der Waals surface area contributed by atoms with Gasteiger partial charge in [-0.1, -0.05) is 0 Å². The SMILES string of the molecule is COc1cc(C(Nc2ccc(C(=N)N)c(OC(C)=O)c2)c2nn(-c3ncccc3N)c(=O)[nH]2)cc(OC)n1. The molecule has 4 aromatic rings. The van der Waals surface area contributed by atoms with Crippen molar-refractivity contribution in [1.82, 2.24) is 24.7 Å². The number of H-pyrrole nitrogens is 1. The Kier molecular flexibility index (Phi) is 7.23. The predicted octanol–water partition coefficient (Wildman–Crippen LogP) is 1.36. The molecule has 0 amide bonds. The van der Waals surface area contributed by atoms with Crippen LogP contribution in [0.25, 0.3) is 5.82 Å². The van der Waals surface area contributed by atoms with Crippen molar-refractivity contribution in [3.63, 3.8) is 0 Å². The number of amidine groups is 1. The minimum atomic E-state index is -0.798. The highest BCUT2D eigenvalue weighted by molar-refractivity contribution is 5.98. The molecule has 0 spiro atoms. The Morgan fingerprint density at radius 2 is 1.87 bits per heavy atom. The number of aromatic amines is 1. The molecule has 3 aromatic heterocycles. The Bertz CT molecular complexity index is 1540. The van der Waals surface area contributed by atoms with Crippen molar-refractivity contribution in [2.24, 2.45) is 5.73 Å². The van der Waals surface area contributed by atoms with Gasteiger partial charge in [-0.25, -0.2) is 9.78 Å². The molecule has 0 aliphatic heterocycles. The summed E-state index contributed by atoms with van der Waals surface area (Å²) in [6, 6.07) is 10.4. The Morgan fingerprint density at radius 3 is 2.47 bits per heavy atom. The first-order valence-corrected chi connectivity index (χ1v) is 11.1. The lowest BCUT2D eigenvalue weighted by atomic mass is 10.1. The average molecular weight is 520 g/mol. The van der Waals surface area contributed by atoms with Crippen molar-refractivity contribution in [3.05, 3.63) is 76.1 Å². The molecule has 0 fully saturated rings. The van der Waals surface area contributed by atoms with E-state index in [-0.39, 0.29) is 46.2 Å². The number of hydrogen-bond donors (Lipinski definition) is 5. The number of anilines is 2. The number of esters is 1. The second kappa shape index (κ2) is 10.7. The third-order valence-corrected chi connectivity index (χ3v) is 5.31. The number of carbonyl (C=O) groups is 1. The van der Waals surface area contributed by atoms with Gasteiger partial charge in [-0.2, -0.15) is 9.67 Å². The van der Waals surface area contributed by atoms with Gasteiger partial charge in [0.1, 0.15) is 17.6 Å². The van der Waals surface area contributed by atoms with Crippen LogP contribution in [0.1, 0.15) is 29.9 Å². The zero-order valence-electron chi connectivity index (χ0n) is 20.7. The molecule has 14 heteroatoms. The summed E-state index contributed by atoms with van der Waals surface area (Å²) in [5, 5.41) is 15.5. The topological polar surface area (TPSA) is 209 Å². The van der Waals surface area contributed by atoms with E-state index >= 15 is 0 Å². The molecule has 0 bridgehead atoms. The summed E-state index contributed by atoms with van der Waals surface area (Å²) in [4.78, 5) is 35.7. The van der Waals surface area contributed by atoms with Crippen LogP contribution in [0.2, 0.25) is 0 Å². The van der Waals surface area contributed by atoms with Crippen molar-refractivity contribution >= 4 is 23.2 Å². The number of aromatic nitrogens is 5. The largest absolute Gasteiger partial charge is 0.481 e. The summed E-state index contributed by atoms with van der Waals surface area (Å²) in [7, 11) is 2.92. The highest BCUT2D eigenvalue weighted by atomic mass is 16.5. The maximum atomic E-state index is 12.9. The summed E-state index contributed by atoms with van der Waals surface area (Å²) in [5.41, 5.74) is 12.6. The van der Waals surface area contributed by atoms with Gasteiger partial charge in [-0.05, 0) is 29.8 Å². The zero-order valence-corrected chi connectivity index (χ0v) is 20.7. The van der Waals surface area contributed by atoms with Crippen LogP contribution >= 0.6 is 0 Å². The van der Waals surface area contributed by atoms with Crippen LogP contribution in [0.3, 0.4) is 0 Å². The molecule has 7 N–H and O–H groups in total. The van der Waals surface area contributed by atoms with Gasteiger partial charge in [0.25, 0.3) is 0 Å². The smallest absolute Gasteiger partial charge is 0.349 e. The number of nitrogen functional groups attached to an aromatic ring is 2. The third-order valence-electron chi connectivity index (χ3n) is 5.31. The number of nitrogens with two attached hydrogens (primary N) is 2. The zero-order chi connectivity index (χ0) is 27.4. The molecule has 38 heavy (non-hydrogen) atoms. The van der Waals surface area contributed by atoms with Crippen LogP contribution in [0.5, 0.6) is 17.5 Å². The molecular weight excluding hydrogens is 494 g/mol. The van der Waals surface area contributed by atoms with Crippen molar-refractivity contribution in [2.75, 3.05) is 25.3 Å². The van der Waals surface area contributed by atoms with Crippen molar-refractivity contribution in [1.29, 1.82) is 5.41 Å². The van der Waals surface area contributed by atoms with Crippen LogP contribution < -0.4 is 36.7 Å². The number of ether oxygens (including phenoxy) is 3. The lowest BCUT2D eigenvalue weighted by molar-refractivity contribution is -0.131. The minimum absolute atomic E-state index is 0.0823. The molecule has 1 atom stereocenters. The molecule has 1 unspecified atom stereocenters. The van der Waals surface area contributed by atoms with E-state index in [9.17, 15) is 9.59 Å². The van der Waals surface area contributed by atoms with Crippen molar-refractivity contribution < 1.29 is 19.0 Å². The quantitative estimate of drug-likeness (QED) is 0.0922. The number of hydrogen-bond acceptors (Lipinski definition) is 11. The van der Waals surface area contributed by atoms with Crippen LogP contribution in [0.4, 0.5) is 11.4 Å². The van der Waals surface area contributed by atoms with Crippen LogP contribution in [0.15, 0.2) is 53.5 Å². The van der Waals surface area contributed by atoms with E-state index in [1.807, 2.05) is 0 Å². The summed E-state index contributed by atoms with van der Waals surface area (Å²) in [6.07, 6.45) is 1.49. The molecule has 0 aliphatic rings. The second-order valence-corrected chi connectivity index (χ2v) is 7.92. The number of nitrogens with one attached hydrogen (secondary N) is 3. The second-order valence-electron chi connectivity index (χ2n) is 7.92. The van der Waals surface area contributed by atoms with E-state index in [2.05, 4.69) is 25.4 Å². The van der Waals surface area contributed by atoms with Gasteiger partial charge < -0.3 is 31.0 Å². The third kappa shape index (κ3) is 5.38. The maximum Gasteiger partial charge on any atom is 0.349 e. The van der Waals surface area contributed by atoms with Gasteiger partial charge in [0.05, 0.1) is 25.5 Å². The molecule has 0 aliphatic carbocycles. The molecule has 0 saturated carbocycles. The Balaban J connectivity index is 1.85. The van der Waals surface area contributed by atoms with Crippen molar-refractivity contribution in [2.45, 2.75) is 13.0 Å². The summed E-state index contributed by atoms with van der Waals surface area (Å²) < 4.78 is 16.9. The fourth-order valence-electron chi connectivity index (χ4n) is 3.63. The molecule has 1 aromatic carbocycles. The van der Waals surface area contributed by atoms with Gasteiger partial charge in [-0.15, -0.1) is 5.10 Å². The average Bonchev–Trinajstić information content (AvgIpc) is 3.27. The van der Waals surface area contributed by atoms with Crippen LogP contribution in [0, 0.1) is 5.41 Å². The summed E-state index contributed by atoms with van der Waals surface area (Å²) in [6.45, 7) is 1.24. The Labute approximate surface area is 216 Å². The Hall–Kier alpha value is -5.40. The van der Waals surface area contributed by atoms with Gasteiger partial charge >= 0.3 is 11.7 Å². The van der Waals surface area contributed by atoms with E-state index in [1.165, 1.54) is 39.5 Å². The van der Waals surface area contributed by atoms with Gasteiger partial charge in [0.2, 0.25) is 11.8 Å². The number of nitrogens with zero attached hydrogens (tertiary/aromatic N) is 4. The van der Waals surface area contributed by atoms with E-state index in [4.69, 9.17) is 31.1 Å². The summed E-state index contributed by atoms with van der Waals surface area (Å²) >= 11 is 0. The van der Waals surface area contributed by atoms with E-state index < -0.39 is 17.7 Å². The normalized spacial score (nSPS) is 11.4.